The van der Waals surface area contributed by atoms with Crippen LogP contribution in [0.25, 0.3) is 0 Å². The van der Waals surface area contributed by atoms with E-state index in [4.69, 9.17) is 27.5 Å². The number of aryl methyl sites for hydroxylation is 1. The minimum absolute atomic E-state index is 0.0608. The van der Waals surface area contributed by atoms with Gasteiger partial charge in [-0.15, -0.1) is 11.3 Å². The van der Waals surface area contributed by atoms with Crippen molar-refractivity contribution >= 4 is 56.8 Å². The maximum absolute atomic E-state index is 12.7. The van der Waals surface area contributed by atoms with Crippen LogP contribution in [0.15, 0.2) is 77.9 Å². The minimum Gasteiger partial charge on any atom is -0.397 e. The Labute approximate surface area is 254 Å². The van der Waals surface area contributed by atoms with Crippen LogP contribution in [-0.2, 0) is 11.3 Å². The molecule has 0 aliphatic heterocycles. The molecule has 9 nitrogen and oxygen atoms in total. The molecular formula is C31H33ClN6O3S. The summed E-state index contributed by atoms with van der Waals surface area (Å²) in [5, 5.41) is 28.6. The Hall–Kier alpha value is -4.22. The fourth-order valence-electron chi connectivity index (χ4n) is 4.26. The topological polar surface area (TPSA) is 136 Å². The van der Waals surface area contributed by atoms with Crippen LogP contribution in [0.2, 0.25) is 5.02 Å². The first kappa shape index (κ1) is 30.7. The Morgan fingerprint density at radius 1 is 1.10 bits per heavy atom. The van der Waals surface area contributed by atoms with Gasteiger partial charge in [-0.1, -0.05) is 48.0 Å². The maximum atomic E-state index is 12.7. The van der Waals surface area contributed by atoms with Crippen molar-refractivity contribution in [1.29, 1.82) is 5.41 Å². The first-order valence-corrected chi connectivity index (χ1v) is 14.3. The van der Waals surface area contributed by atoms with E-state index in [1.165, 1.54) is 11.3 Å². The van der Waals surface area contributed by atoms with Crippen LogP contribution in [-0.4, -0.2) is 36.0 Å². The predicted octanol–water partition coefficient (Wildman–Crippen LogP) is 6.12. The molecule has 42 heavy (non-hydrogen) atoms. The molecule has 1 unspecified atom stereocenters. The second-order valence-electron chi connectivity index (χ2n) is 9.47. The van der Waals surface area contributed by atoms with Gasteiger partial charge in [-0.2, -0.15) is 5.10 Å². The molecule has 0 fully saturated rings. The van der Waals surface area contributed by atoms with Gasteiger partial charge in [-0.25, -0.2) is 0 Å². The molecule has 0 aliphatic rings. The summed E-state index contributed by atoms with van der Waals surface area (Å²) < 4.78 is 5.90. The lowest BCUT2D eigenvalue weighted by atomic mass is 10.00. The third kappa shape index (κ3) is 6.97. The van der Waals surface area contributed by atoms with Crippen molar-refractivity contribution in [3.8, 4) is 0 Å². The molecule has 4 aromatic rings. The lowest BCUT2D eigenvalue weighted by molar-refractivity contribution is -0.0997. The van der Waals surface area contributed by atoms with E-state index >= 15 is 0 Å². The molecule has 0 saturated carbocycles. The number of para-hydroxylation sites is 2. The summed E-state index contributed by atoms with van der Waals surface area (Å²) in [6.07, 6.45) is -1.42. The SMILES string of the molecule is CN/N=C(/C)N(c1sc(C)c(C)c1C(=N)c1ccc(Cl)cc1)C(O)OCc1ccc(C(=O)Nc2ccccc2N)cc1. The zero-order chi connectivity index (χ0) is 30.4. The van der Waals surface area contributed by atoms with Crippen molar-refractivity contribution in [1.82, 2.24) is 5.43 Å². The van der Waals surface area contributed by atoms with Crippen LogP contribution in [0.3, 0.4) is 0 Å². The maximum Gasteiger partial charge on any atom is 0.255 e. The summed E-state index contributed by atoms with van der Waals surface area (Å²) >= 11 is 7.52. The van der Waals surface area contributed by atoms with Gasteiger partial charge in [-0.3, -0.25) is 15.1 Å². The molecular weight excluding hydrogens is 572 g/mol. The number of aliphatic hydroxyl groups excluding tert-OH is 1. The van der Waals surface area contributed by atoms with E-state index in [1.807, 2.05) is 13.8 Å². The number of halogens is 1. The van der Waals surface area contributed by atoms with Gasteiger partial charge in [0.2, 0.25) is 6.41 Å². The number of amides is 1. The summed E-state index contributed by atoms with van der Waals surface area (Å²) in [6.45, 7) is 5.73. The standard InChI is InChI=1S/C31H33ClN6O3S/c1-18-19(2)42-30(27(18)28(34)22-13-15-24(32)16-14-22)38(20(3)37-35-4)31(40)41-17-21-9-11-23(12-10-21)29(39)36-26-8-6-5-7-25(26)33/h5-16,31,34-35,40H,17,33H2,1-4H3,(H,36,39)/b34-28?,37-20-. The first-order chi connectivity index (χ1) is 20.1. The second kappa shape index (κ2) is 13.6. The monoisotopic (exact) mass is 604 g/mol. The largest absolute Gasteiger partial charge is 0.397 e. The highest BCUT2D eigenvalue weighted by atomic mass is 35.5. The normalized spacial score (nSPS) is 12.1. The highest BCUT2D eigenvalue weighted by molar-refractivity contribution is 7.17. The molecule has 1 amide bonds. The Morgan fingerprint density at radius 2 is 1.74 bits per heavy atom. The van der Waals surface area contributed by atoms with Crippen LogP contribution in [0.4, 0.5) is 16.4 Å². The van der Waals surface area contributed by atoms with E-state index in [0.717, 1.165) is 16.0 Å². The summed E-state index contributed by atoms with van der Waals surface area (Å²) in [5.74, 6) is 0.160. The van der Waals surface area contributed by atoms with E-state index in [2.05, 4.69) is 15.8 Å². The molecule has 1 heterocycles. The van der Waals surface area contributed by atoms with Crippen molar-refractivity contribution in [2.75, 3.05) is 23.0 Å². The Morgan fingerprint density at radius 3 is 2.38 bits per heavy atom. The van der Waals surface area contributed by atoms with E-state index in [0.29, 0.717) is 49.6 Å². The van der Waals surface area contributed by atoms with Gasteiger partial charge in [0, 0.05) is 33.6 Å². The van der Waals surface area contributed by atoms with Crippen molar-refractivity contribution in [2.24, 2.45) is 5.10 Å². The quantitative estimate of drug-likeness (QED) is 0.0486. The Kier molecular flexibility index (Phi) is 9.97. The number of rotatable bonds is 10. The highest BCUT2D eigenvalue weighted by Crippen LogP contribution is 2.38. The van der Waals surface area contributed by atoms with Crippen molar-refractivity contribution < 1.29 is 14.6 Å². The number of aliphatic hydroxyl groups is 1. The van der Waals surface area contributed by atoms with Gasteiger partial charge >= 0.3 is 0 Å². The lowest BCUT2D eigenvalue weighted by Gasteiger charge is -2.29. The number of hydrogen-bond donors (Lipinski definition) is 5. The zero-order valence-electron chi connectivity index (χ0n) is 23.7. The molecule has 0 aliphatic carbocycles. The number of ether oxygens (including phenoxy) is 1. The second-order valence-corrected chi connectivity index (χ2v) is 11.1. The number of hydrazone groups is 1. The van der Waals surface area contributed by atoms with Gasteiger partial charge in [0.25, 0.3) is 5.91 Å². The fourth-order valence-corrected chi connectivity index (χ4v) is 5.61. The summed E-state index contributed by atoms with van der Waals surface area (Å²) in [6, 6.07) is 21.0. The average molecular weight is 605 g/mol. The van der Waals surface area contributed by atoms with Gasteiger partial charge in [-0.05, 0) is 68.3 Å². The molecule has 218 valence electrons. The third-order valence-corrected chi connectivity index (χ3v) is 8.09. The number of anilines is 3. The molecule has 0 spiro atoms. The van der Waals surface area contributed by atoms with Crippen molar-refractivity contribution in [3.63, 3.8) is 0 Å². The number of amidine groups is 1. The van der Waals surface area contributed by atoms with E-state index in [1.54, 1.807) is 91.7 Å². The minimum atomic E-state index is -1.42. The smallest absolute Gasteiger partial charge is 0.255 e. The number of nitrogens with one attached hydrogen (secondary N) is 3. The zero-order valence-corrected chi connectivity index (χ0v) is 25.3. The van der Waals surface area contributed by atoms with Crippen LogP contribution in [0.1, 0.15) is 44.4 Å². The lowest BCUT2D eigenvalue weighted by Crippen LogP contribution is -2.42. The van der Waals surface area contributed by atoms with Gasteiger partial charge in [0.05, 0.1) is 23.7 Å². The molecule has 1 atom stereocenters. The molecule has 11 heteroatoms. The van der Waals surface area contributed by atoms with Gasteiger partial charge in [0.1, 0.15) is 10.8 Å². The van der Waals surface area contributed by atoms with Crippen LogP contribution >= 0.6 is 22.9 Å². The number of hydrogen-bond acceptors (Lipinski definition) is 8. The first-order valence-electron chi connectivity index (χ1n) is 13.1. The number of thiophene rings is 1. The van der Waals surface area contributed by atoms with Gasteiger partial charge < -0.3 is 26.3 Å². The van der Waals surface area contributed by atoms with Crippen LogP contribution in [0.5, 0.6) is 0 Å². The van der Waals surface area contributed by atoms with E-state index in [-0.39, 0.29) is 12.5 Å². The molecule has 6 N–H and O–H groups in total. The van der Waals surface area contributed by atoms with Crippen molar-refractivity contribution in [3.05, 3.63) is 111 Å². The number of benzene rings is 3. The number of carbonyl (C=O) groups excluding carboxylic acids is 1. The van der Waals surface area contributed by atoms with Crippen LogP contribution in [0, 0.1) is 19.3 Å². The van der Waals surface area contributed by atoms with E-state index < -0.39 is 6.41 Å². The summed E-state index contributed by atoms with van der Waals surface area (Å²) in [7, 11) is 1.67. The summed E-state index contributed by atoms with van der Waals surface area (Å²) in [4.78, 5) is 15.2. The van der Waals surface area contributed by atoms with Gasteiger partial charge in [0.15, 0.2) is 0 Å². The van der Waals surface area contributed by atoms with Crippen molar-refractivity contribution in [2.45, 2.75) is 33.8 Å². The number of nitrogens with zero attached hydrogens (tertiary/aromatic N) is 2. The van der Waals surface area contributed by atoms with Crippen LogP contribution < -0.4 is 21.4 Å². The predicted molar refractivity (Wildman–Crippen MR) is 172 cm³/mol. The van der Waals surface area contributed by atoms with E-state index in [9.17, 15) is 9.90 Å². The average Bonchev–Trinajstić information content (AvgIpc) is 3.26. The number of nitrogens with two attached hydrogens (primary N) is 1. The fraction of sp³-hybridized carbons (Fsp3) is 0.194. The third-order valence-electron chi connectivity index (χ3n) is 6.64. The molecule has 4 rings (SSSR count). The summed E-state index contributed by atoms with van der Waals surface area (Å²) in [5.41, 5.74) is 13.5. The molecule has 0 bridgehead atoms. The Bertz CT molecular complexity index is 1600. The molecule has 1 aromatic heterocycles. The Balaban J connectivity index is 1.54. The highest BCUT2D eigenvalue weighted by Gasteiger charge is 2.29. The molecule has 0 saturated heterocycles. The number of nitrogen functional groups attached to an aromatic ring is 1. The molecule has 0 radical (unpaired) electrons. The number of carbonyl (C=O) groups is 1. The molecule has 3 aromatic carbocycles.